The number of hydrogen-bond acceptors (Lipinski definition) is 4. The van der Waals surface area contributed by atoms with Crippen LogP contribution >= 0.6 is 11.6 Å². The average Bonchev–Trinajstić information content (AvgIpc) is 2.49. The molecule has 1 unspecified atom stereocenters. The number of para-hydroxylation sites is 1. The van der Waals surface area contributed by atoms with Gasteiger partial charge in [-0.25, -0.2) is 8.42 Å². The predicted molar refractivity (Wildman–Crippen MR) is 91.1 cm³/mol. The lowest BCUT2D eigenvalue weighted by molar-refractivity contribution is -0.116. The van der Waals surface area contributed by atoms with Crippen LogP contribution < -0.4 is 9.62 Å². The summed E-state index contributed by atoms with van der Waals surface area (Å²) in [5, 5.41) is 2.91. The second kappa shape index (κ2) is 6.97. The zero-order valence-corrected chi connectivity index (χ0v) is 14.2. The van der Waals surface area contributed by atoms with Crippen LogP contribution in [0.25, 0.3) is 0 Å². The molecular weight excluding hydrogens is 338 g/mol. The van der Waals surface area contributed by atoms with Gasteiger partial charge < -0.3 is 5.32 Å². The van der Waals surface area contributed by atoms with Gasteiger partial charge in [-0.1, -0.05) is 23.7 Å². The van der Waals surface area contributed by atoms with Crippen molar-refractivity contribution < 1.29 is 13.2 Å². The monoisotopic (exact) mass is 353 g/mol. The maximum atomic E-state index is 12.4. The van der Waals surface area contributed by atoms with Crippen molar-refractivity contribution in [2.24, 2.45) is 0 Å². The maximum Gasteiger partial charge on any atom is 0.247 e. The second-order valence-corrected chi connectivity index (χ2v) is 7.18. The van der Waals surface area contributed by atoms with Crippen molar-refractivity contribution in [2.45, 2.75) is 13.0 Å². The molecule has 23 heavy (non-hydrogen) atoms. The highest BCUT2D eigenvalue weighted by molar-refractivity contribution is 7.92. The van der Waals surface area contributed by atoms with Gasteiger partial charge in [0.05, 0.1) is 17.0 Å². The van der Waals surface area contributed by atoms with E-state index in [1.807, 2.05) is 0 Å². The first-order valence-corrected chi connectivity index (χ1v) is 8.98. The Morgan fingerprint density at radius 2 is 1.83 bits per heavy atom. The SMILES string of the molecule is CC(C(=O)Nc1ccncc1)N(c1ccccc1Cl)S(C)(=O)=O. The summed E-state index contributed by atoms with van der Waals surface area (Å²) in [5.74, 6) is -0.471. The standard InChI is InChI=1S/C15H16ClN3O3S/c1-11(15(20)18-12-7-9-17-10-8-12)19(23(2,21)22)14-6-4-3-5-13(14)16/h3-11H,1-2H3,(H,17,18,20). The van der Waals surface area contributed by atoms with E-state index in [0.717, 1.165) is 10.6 Å². The largest absolute Gasteiger partial charge is 0.324 e. The number of sulfonamides is 1. The van der Waals surface area contributed by atoms with E-state index in [-0.39, 0.29) is 10.7 Å². The second-order valence-electron chi connectivity index (χ2n) is 4.91. The van der Waals surface area contributed by atoms with Gasteiger partial charge in [-0.15, -0.1) is 0 Å². The highest BCUT2D eigenvalue weighted by Crippen LogP contribution is 2.29. The number of anilines is 2. The lowest BCUT2D eigenvalue weighted by Gasteiger charge is -2.28. The fourth-order valence-electron chi connectivity index (χ4n) is 2.09. The molecule has 1 aromatic carbocycles. The number of aromatic nitrogens is 1. The van der Waals surface area contributed by atoms with Crippen molar-refractivity contribution in [1.82, 2.24) is 4.98 Å². The van der Waals surface area contributed by atoms with Crippen molar-refractivity contribution in [3.8, 4) is 0 Å². The van der Waals surface area contributed by atoms with Crippen LogP contribution in [0.1, 0.15) is 6.92 Å². The van der Waals surface area contributed by atoms with Gasteiger partial charge in [0.2, 0.25) is 15.9 Å². The Hall–Kier alpha value is -2.12. The molecule has 1 amide bonds. The predicted octanol–water partition coefficient (Wildman–Crippen LogP) is 2.53. The number of rotatable bonds is 5. The van der Waals surface area contributed by atoms with Crippen LogP contribution in [0.5, 0.6) is 0 Å². The molecule has 1 N–H and O–H groups in total. The Morgan fingerprint density at radius 3 is 2.39 bits per heavy atom. The van der Waals surface area contributed by atoms with Crippen LogP contribution in [0.2, 0.25) is 5.02 Å². The van der Waals surface area contributed by atoms with E-state index in [0.29, 0.717) is 5.69 Å². The van der Waals surface area contributed by atoms with E-state index >= 15 is 0 Å². The van der Waals surface area contributed by atoms with Crippen molar-refractivity contribution >= 4 is 38.9 Å². The van der Waals surface area contributed by atoms with Gasteiger partial charge in [0.1, 0.15) is 6.04 Å². The number of pyridine rings is 1. The molecule has 0 radical (unpaired) electrons. The number of carbonyl (C=O) groups excluding carboxylic acids is 1. The van der Waals surface area contributed by atoms with Crippen molar-refractivity contribution in [2.75, 3.05) is 15.9 Å². The molecule has 1 heterocycles. The summed E-state index contributed by atoms with van der Waals surface area (Å²) in [6.07, 6.45) is 4.10. The molecule has 1 atom stereocenters. The molecule has 0 aliphatic rings. The van der Waals surface area contributed by atoms with Gasteiger partial charge in [-0.2, -0.15) is 0 Å². The molecular formula is C15H16ClN3O3S. The van der Waals surface area contributed by atoms with Gasteiger partial charge in [0.15, 0.2) is 0 Å². The zero-order valence-electron chi connectivity index (χ0n) is 12.6. The quantitative estimate of drug-likeness (QED) is 0.895. The van der Waals surface area contributed by atoms with Crippen LogP contribution in [-0.4, -0.2) is 31.6 Å². The number of amides is 1. The third-order valence-corrected chi connectivity index (χ3v) is 4.67. The topological polar surface area (TPSA) is 79.4 Å². The Labute approximate surface area is 140 Å². The van der Waals surface area contributed by atoms with Crippen molar-refractivity contribution in [3.63, 3.8) is 0 Å². The van der Waals surface area contributed by atoms with Crippen molar-refractivity contribution in [1.29, 1.82) is 0 Å². The van der Waals surface area contributed by atoms with E-state index in [4.69, 9.17) is 11.6 Å². The lowest BCUT2D eigenvalue weighted by atomic mass is 10.2. The molecule has 0 saturated heterocycles. The summed E-state index contributed by atoms with van der Waals surface area (Å²) in [6, 6.07) is 8.73. The Morgan fingerprint density at radius 1 is 1.22 bits per heavy atom. The molecule has 2 aromatic rings. The first-order valence-electron chi connectivity index (χ1n) is 6.75. The molecule has 2 rings (SSSR count). The third-order valence-electron chi connectivity index (χ3n) is 3.13. The fraction of sp³-hybridized carbons (Fsp3) is 0.200. The Kier molecular flexibility index (Phi) is 5.23. The minimum atomic E-state index is -3.70. The third kappa shape index (κ3) is 4.20. The van der Waals surface area contributed by atoms with Crippen LogP contribution in [-0.2, 0) is 14.8 Å². The number of carbonyl (C=O) groups is 1. The molecule has 0 spiro atoms. The van der Waals surface area contributed by atoms with E-state index < -0.39 is 22.0 Å². The van der Waals surface area contributed by atoms with E-state index in [1.165, 1.54) is 19.3 Å². The van der Waals surface area contributed by atoms with Gasteiger partial charge in [-0.3, -0.25) is 14.1 Å². The molecule has 0 saturated carbocycles. The van der Waals surface area contributed by atoms with Crippen LogP contribution in [0.15, 0.2) is 48.8 Å². The summed E-state index contributed by atoms with van der Waals surface area (Å²) >= 11 is 6.09. The minimum absolute atomic E-state index is 0.251. The van der Waals surface area contributed by atoms with Gasteiger partial charge in [-0.05, 0) is 31.2 Å². The average molecular weight is 354 g/mol. The first kappa shape index (κ1) is 17.2. The summed E-state index contributed by atoms with van der Waals surface area (Å²) in [4.78, 5) is 16.3. The van der Waals surface area contributed by atoms with Gasteiger partial charge in [0, 0.05) is 18.1 Å². The van der Waals surface area contributed by atoms with Crippen LogP contribution in [0.4, 0.5) is 11.4 Å². The normalized spacial score (nSPS) is 12.5. The number of halogens is 1. The molecule has 0 aliphatic heterocycles. The molecule has 6 nitrogen and oxygen atoms in total. The zero-order chi connectivity index (χ0) is 17.0. The number of nitrogens with zero attached hydrogens (tertiary/aromatic N) is 2. The van der Waals surface area contributed by atoms with Crippen LogP contribution in [0, 0.1) is 0 Å². The molecule has 122 valence electrons. The molecule has 0 fully saturated rings. The van der Waals surface area contributed by atoms with E-state index in [9.17, 15) is 13.2 Å². The smallest absolute Gasteiger partial charge is 0.247 e. The Balaban J connectivity index is 2.33. The molecule has 1 aromatic heterocycles. The highest BCUT2D eigenvalue weighted by Gasteiger charge is 2.30. The van der Waals surface area contributed by atoms with E-state index in [1.54, 1.807) is 36.4 Å². The lowest BCUT2D eigenvalue weighted by Crippen LogP contribution is -2.45. The maximum absolute atomic E-state index is 12.4. The first-order chi connectivity index (χ1) is 10.8. The molecule has 0 bridgehead atoms. The Bertz CT molecular complexity index is 797. The fourth-order valence-corrected chi connectivity index (χ4v) is 3.56. The summed E-state index contributed by atoms with van der Waals surface area (Å²) in [7, 11) is -3.70. The van der Waals surface area contributed by atoms with Crippen LogP contribution in [0.3, 0.4) is 0 Å². The summed E-state index contributed by atoms with van der Waals surface area (Å²) in [5.41, 5.74) is 0.790. The number of nitrogens with one attached hydrogen (secondary N) is 1. The van der Waals surface area contributed by atoms with Gasteiger partial charge >= 0.3 is 0 Å². The number of benzene rings is 1. The minimum Gasteiger partial charge on any atom is -0.324 e. The van der Waals surface area contributed by atoms with Crippen molar-refractivity contribution in [3.05, 3.63) is 53.8 Å². The molecule has 0 aliphatic carbocycles. The molecule has 8 heteroatoms. The van der Waals surface area contributed by atoms with Gasteiger partial charge in [0.25, 0.3) is 0 Å². The van der Waals surface area contributed by atoms with E-state index in [2.05, 4.69) is 10.3 Å². The summed E-state index contributed by atoms with van der Waals surface area (Å²) in [6.45, 7) is 1.50. The summed E-state index contributed by atoms with van der Waals surface area (Å²) < 4.78 is 25.3. The number of hydrogen-bond donors (Lipinski definition) is 1. The highest BCUT2D eigenvalue weighted by atomic mass is 35.5.